The predicted molar refractivity (Wildman–Crippen MR) is 63.4 cm³/mol. The number of hydrogen-bond acceptors (Lipinski definition) is 2. The van der Waals surface area contributed by atoms with Crippen LogP contribution in [-0.2, 0) is 0 Å². The number of unbranched alkanes of at least 4 members (excludes halogenated alkanes) is 1. The lowest BCUT2D eigenvalue weighted by Crippen LogP contribution is -2.33. The van der Waals surface area contributed by atoms with Crippen LogP contribution in [0.3, 0.4) is 0 Å². The van der Waals surface area contributed by atoms with Crippen LogP contribution in [0.1, 0.15) is 33.1 Å². The second-order valence-electron chi connectivity index (χ2n) is 4.23. The average Bonchev–Trinajstić information content (AvgIpc) is 2.15. The summed E-state index contributed by atoms with van der Waals surface area (Å²) >= 11 is 0. The molecule has 0 aliphatic carbocycles. The molecule has 0 saturated carbocycles. The van der Waals surface area contributed by atoms with E-state index in [4.69, 9.17) is 5.26 Å². The van der Waals surface area contributed by atoms with Gasteiger partial charge in [0.1, 0.15) is 0 Å². The summed E-state index contributed by atoms with van der Waals surface area (Å²) in [5.41, 5.74) is 0. The quantitative estimate of drug-likeness (QED) is 0.247. The van der Waals surface area contributed by atoms with Crippen molar-refractivity contribution >= 4 is 5.96 Å². The SMILES string of the molecule is CC(C)CCCCN=C(NC#N)N(C)C. The highest BCUT2D eigenvalue weighted by Gasteiger charge is 1.99. The van der Waals surface area contributed by atoms with Crippen molar-refractivity contribution in [2.24, 2.45) is 10.9 Å². The van der Waals surface area contributed by atoms with Crippen molar-refractivity contribution in [2.75, 3.05) is 20.6 Å². The zero-order chi connectivity index (χ0) is 11.7. The fourth-order valence-electron chi connectivity index (χ4n) is 1.19. The molecule has 0 aliphatic rings. The molecule has 0 aromatic rings. The lowest BCUT2D eigenvalue weighted by atomic mass is 10.1. The molecule has 4 nitrogen and oxygen atoms in total. The highest BCUT2D eigenvalue weighted by atomic mass is 15.3. The van der Waals surface area contributed by atoms with E-state index < -0.39 is 0 Å². The largest absolute Gasteiger partial charge is 0.348 e. The summed E-state index contributed by atoms with van der Waals surface area (Å²) in [5.74, 6) is 1.40. The lowest BCUT2D eigenvalue weighted by molar-refractivity contribution is 0.538. The number of guanidine groups is 1. The lowest BCUT2D eigenvalue weighted by Gasteiger charge is -2.13. The first-order chi connectivity index (χ1) is 7.07. The van der Waals surface area contributed by atoms with E-state index in [0.29, 0.717) is 5.96 Å². The van der Waals surface area contributed by atoms with Crippen molar-refractivity contribution in [3.63, 3.8) is 0 Å². The first kappa shape index (κ1) is 13.8. The average molecular weight is 210 g/mol. The Kier molecular flexibility index (Phi) is 7.43. The van der Waals surface area contributed by atoms with Gasteiger partial charge in [-0.1, -0.05) is 26.7 Å². The van der Waals surface area contributed by atoms with Crippen molar-refractivity contribution in [1.82, 2.24) is 10.2 Å². The van der Waals surface area contributed by atoms with Gasteiger partial charge in [-0.15, -0.1) is 0 Å². The highest BCUT2D eigenvalue weighted by molar-refractivity contribution is 5.80. The summed E-state index contributed by atoms with van der Waals surface area (Å²) in [6, 6.07) is 0. The monoisotopic (exact) mass is 210 g/mol. The van der Waals surface area contributed by atoms with Crippen molar-refractivity contribution in [3.8, 4) is 6.19 Å². The smallest absolute Gasteiger partial charge is 0.206 e. The van der Waals surface area contributed by atoms with E-state index in [1.807, 2.05) is 25.2 Å². The second kappa shape index (κ2) is 8.10. The Bertz CT molecular complexity index is 225. The molecule has 0 amide bonds. The molecule has 0 unspecified atom stereocenters. The van der Waals surface area contributed by atoms with Crippen LogP contribution in [-0.4, -0.2) is 31.5 Å². The third kappa shape index (κ3) is 7.80. The van der Waals surface area contributed by atoms with Crippen LogP contribution in [0.5, 0.6) is 0 Å². The highest BCUT2D eigenvalue weighted by Crippen LogP contribution is 2.05. The van der Waals surface area contributed by atoms with Gasteiger partial charge in [0.05, 0.1) is 0 Å². The molecule has 15 heavy (non-hydrogen) atoms. The van der Waals surface area contributed by atoms with E-state index in [1.54, 1.807) is 0 Å². The maximum atomic E-state index is 8.49. The van der Waals surface area contributed by atoms with Crippen molar-refractivity contribution < 1.29 is 0 Å². The van der Waals surface area contributed by atoms with Gasteiger partial charge in [0.15, 0.2) is 6.19 Å². The molecule has 0 rings (SSSR count). The summed E-state index contributed by atoms with van der Waals surface area (Å²) in [6.45, 7) is 5.24. The van der Waals surface area contributed by atoms with Gasteiger partial charge in [-0.2, -0.15) is 5.26 Å². The topological polar surface area (TPSA) is 51.4 Å². The maximum Gasteiger partial charge on any atom is 0.206 e. The third-order valence-electron chi connectivity index (χ3n) is 2.04. The first-order valence-electron chi connectivity index (χ1n) is 5.44. The zero-order valence-corrected chi connectivity index (χ0v) is 10.2. The number of aliphatic imine (C=N–C) groups is 1. The van der Waals surface area contributed by atoms with Crippen LogP contribution < -0.4 is 5.32 Å². The molecule has 0 bridgehead atoms. The first-order valence-corrected chi connectivity index (χ1v) is 5.44. The van der Waals surface area contributed by atoms with E-state index in [2.05, 4.69) is 24.2 Å². The molecule has 0 heterocycles. The molecule has 0 radical (unpaired) electrons. The summed E-state index contributed by atoms with van der Waals surface area (Å²) in [4.78, 5) is 6.13. The Balaban J connectivity index is 3.76. The van der Waals surface area contributed by atoms with Crippen LogP contribution in [0, 0.1) is 17.4 Å². The molecule has 0 aromatic carbocycles. The van der Waals surface area contributed by atoms with Crippen LogP contribution in [0.4, 0.5) is 0 Å². The second-order valence-corrected chi connectivity index (χ2v) is 4.23. The Hall–Kier alpha value is -1.24. The van der Waals surface area contributed by atoms with Gasteiger partial charge in [-0.05, 0) is 12.3 Å². The summed E-state index contributed by atoms with van der Waals surface area (Å²) < 4.78 is 0. The van der Waals surface area contributed by atoms with E-state index in [9.17, 15) is 0 Å². The van der Waals surface area contributed by atoms with Gasteiger partial charge in [0.2, 0.25) is 5.96 Å². The minimum atomic E-state index is 0.641. The Morgan fingerprint density at radius 1 is 1.40 bits per heavy atom. The molecule has 0 atom stereocenters. The molecule has 0 saturated heterocycles. The van der Waals surface area contributed by atoms with Crippen molar-refractivity contribution in [2.45, 2.75) is 33.1 Å². The van der Waals surface area contributed by atoms with Crippen LogP contribution in [0.2, 0.25) is 0 Å². The van der Waals surface area contributed by atoms with Crippen LogP contribution >= 0.6 is 0 Å². The normalized spacial score (nSPS) is 11.3. The molecular formula is C11H22N4. The van der Waals surface area contributed by atoms with Crippen LogP contribution in [0.15, 0.2) is 4.99 Å². The Morgan fingerprint density at radius 2 is 2.07 bits per heavy atom. The Morgan fingerprint density at radius 3 is 2.53 bits per heavy atom. The molecular weight excluding hydrogens is 188 g/mol. The number of hydrogen-bond donors (Lipinski definition) is 1. The third-order valence-corrected chi connectivity index (χ3v) is 2.04. The fourth-order valence-corrected chi connectivity index (χ4v) is 1.19. The van der Waals surface area contributed by atoms with Gasteiger partial charge in [-0.3, -0.25) is 10.3 Å². The molecule has 0 spiro atoms. The van der Waals surface area contributed by atoms with Crippen molar-refractivity contribution in [3.05, 3.63) is 0 Å². The standard InChI is InChI=1S/C11H22N4/c1-10(2)7-5-6-8-13-11(14-9-12)15(3)4/h10H,5-8H2,1-4H3,(H,13,14). The fraction of sp³-hybridized carbons (Fsp3) is 0.818. The molecule has 0 fully saturated rings. The minimum Gasteiger partial charge on any atom is -0.348 e. The molecule has 86 valence electrons. The van der Waals surface area contributed by atoms with E-state index in [1.165, 1.54) is 12.8 Å². The van der Waals surface area contributed by atoms with Gasteiger partial charge in [-0.25, -0.2) is 0 Å². The number of rotatable bonds is 5. The van der Waals surface area contributed by atoms with Crippen LogP contribution in [0.25, 0.3) is 0 Å². The molecule has 0 aromatic heterocycles. The number of nitrogens with one attached hydrogen (secondary N) is 1. The van der Waals surface area contributed by atoms with E-state index in [-0.39, 0.29) is 0 Å². The summed E-state index contributed by atoms with van der Waals surface area (Å²) in [5, 5.41) is 11.1. The number of nitrogens with zero attached hydrogens (tertiary/aromatic N) is 3. The molecule has 0 aliphatic heterocycles. The number of nitriles is 1. The molecule has 1 N–H and O–H groups in total. The van der Waals surface area contributed by atoms with Crippen molar-refractivity contribution in [1.29, 1.82) is 5.26 Å². The maximum absolute atomic E-state index is 8.49. The molecule has 4 heteroatoms. The summed E-state index contributed by atoms with van der Waals surface area (Å²) in [6.07, 6.45) is 5.42. The Labute approximate surface area is 93.0 Å². The predicted octanol–water partition coefficient (Wildman–Crippen LogP) is 1.80. The minimum absolute atomic E-state index is 0.641. The van der Waals surface area contributed by atoms with E-state index in [0.717, 1.165) is 18.9 Å². The summed E-state index contributed by atoms with van der Waals surface area (Å²) in [7, 11) is 3.74. The van der Waals surface area contributed by atoms with E-state index >= 15 is 0 Å². The van der Waals surface area contributed by atoms with Gasteiger partial charge < -0.3 is 4.90 Å². The van der Waals surface area contributed by atoms with Gasteiger partial charge >= 0.3 is 0 Å². The van der Waals surface area contributed by atoms with Gasteiger partial charge in [0, 0.05) is 20.6 Å². The zero-order valence-electron chi connectivity index (χ0n) is 10.2. The van der Waals surface area contributed by atoms with Gasteiger partial charge in [0.25, 0.3) is 0 Å².